The van der Waals surface area contributed by atoms with Crippen molar-refractivity contribution in [3.63, 3.8) is 0 Å². The minimum Gasteiger partial charge on any atom is -0.460 e. The van der Waals surface area contributed by atoms with Gasteiger partial charge in [-0.15, -0.1) is 0 Å². The first-order chi connectivity index (χ1) is 10.4. The first-order valence-corrected chi connectivity index (χ1v) is 6.72. The molecule has 120 valence electrons. The Kier molecular flexibility index (Phi) is 7.20. The van der Waals surface area contributed by atoms with Crippen molar-refractivity contribution in [1.82, 2.24) is 9.97 Å². The average Bonchev–Trinajstić information content (AvgIpc) is 2.45. The summed E-state index contributed by atoms with van der Waals surface area (Å²) in [4.78, 5) is 38.9. The molecular weight excluding hydrogens is 312 g/mol. The van der Waals surface area contributed by atoms with Crippen molar-refractivity contribution in [2.24, 2.45) is 0 Å². The molecule has 8 nitrogen and oxygen atoms in total. The van der Waals surface area contributed by atoms with E-state index in [-0.39, 0.29) is 36.8 Å². The van der Waals surface area contributed by atoms with Crippen LogP contribution in [0.5, 0.6) is 0 Å². The van der Waals surface area contributed by atoms with Gasteiger partial charge < -0.3 is 19.2 Å². The molecule has 0 aliphatic rings. The zero-order chi connectivity index (χ0) is 16.5. The molecule has 1 aromatic heterocycles. The minimum absolute atomic E-state index is 0.0394. The third kappa shape index (κ3) is 6.02. The van der Waals surface area contributed by atoms with Crippen LogP contribution >= 0.6 is 12.2 Å². The van der Waals surface area contributed by atoms with E-state index in [1.165, 1.54) is 6.20 Å². The van der Waals surface area contributed by atoms with Crippen molar-refractivity contribution in [1.29, 1.82) is 0 Å². The summed E-state index contributed by atoms with van der Waals surface area (Å²) in [6.07, 6.45) is 1.18. The third-order valence-corrected chi connectivity index (χ3v) is 2.53. The summed E-state index contributed by atoms with van der Waals surface area (Å²) in [5.41, 5.74) is -0.494. The van der Waals surface area contributed by atoms with Gasteiger partial charge in [0, 0.05) is 11.8 Å². The fourth-order valence-electron chi connectivity index (χ4n) is 1.25. The molecule has 0 saturated carbocycles. The van der Waals surface area contributed by atoms with E-state index in [2.05, 4.69) is 16.5 Å². The highest BCUT2D eigenvalue weighted by Gasteiger charge is 2.11. The number of hydrogen-bond donors (Lipinski definition) is 2. The normalized spacial score (nSPS) is 10.0. The van der Waals surface area contributed by atoms with Crippen LogP contribution in [0.2, 0.25) is 0 Å². The van der Waals surface area contributed by atoms with Gasteiger partial charge in [-0.25, -0.2) is 9.59 Å². The van der Waals surface area contributed by atoms with Crippen molar-refractivity contribution in [2.45, 2.75) is 6.92 Å². The summed E-state index contributed by atoms with van der Waals surface area (Å²) >= 11 is 4.70. The maximum Gasteiger partial charge on any atom is 0.345 e. The number of carbonyl (C=O) groups excluding carboxylic acids is 2. The molecule has 0 bridgehead atoms. The van der Waals surface area contributed by atoms with Crippen LogP contribution in [0.1, 0.15) is 17.3 Å². The van der Waals surface area contributed by atoms with Crippen LogP contribution < -0.4 is 5.56 Å². The summed E-state index contributed by atoms with van der Waals surface area (Å²) in [5.74, 6) is -1.28. The van der Waals surface area contributed by atoms with E-state index in [1.807, 2.05) is 0 Å². The van der Waals surface area contributed by atoms with Crippen molar-refractivity contribution in [3.05, 3.63) is 39.0 Å². The van der Waals surface area contributed by atoms with Crippen molar-refractivity contribution in [3.8, 4) is 0 Å². The van der Waals surface area contributed by atoms with Crippen molar-refractivity contribution in [2.75, 3.05) is 26.4 Å². The molecule has 0 amide bonds. The Morgan fingerprint density at radius 3 is 2.45 bits per heavy atom. The van der Waals surface area contributed by atoms with Crippen molar-refractivity contribution >= 4 is 24.2 Å². The number of nitrogens with one attached hydrogen (secondary N) is 2. The Morgan fingerprint density at radius 2 is 1.86 bits per heavy atom. The molecular formula is C13H16N2O6S. The smallest absolute Gasteiger partial charge is 0.345 e. The molecule has 9 heteroatoms. The van der Waals surface area contributed by atoms with Gasteiger partial charge in [0.25, 0.3) is 5.56 Å². The number of esters is 2. The fourth-order valence-corrected chi connectivity index (χ4v) is 1.40. The first-order valence-electron chi connectivity index (χ1n) is 6.31. The summed E-state index contributed by atoms with van der Waals surface area (Å²) < 4.78 is 14.9. The molecule has 0 radical (unpaired) electrons. The van der Waals surface area contributed by atoms with E-state index in [1.54, 1.807) is 6.92 Å². The number of aromatic nitrogens is 2. The van der Waals surface area contributed by atoms with Gasteiger partial charge in [-0.05, 0) is 19.1 Å². The van der Waals surface area contributed by atoms with Gasteiger partial charge in [0.2, 0.25) is 0 Å². The number of carbonyl (C=O) groups is 2. The second-order valence-electron chi connectivity index (χ2n) is 4.15. The molecule has 0 fully saturated rings. The van der Waals surface area contributed by atoms with Crippen LogP contribution in [0.15, 0.2) is 23.1 Å². The standard InChI is InChI=1S/C13H16N2O6S/c1-8(2)11(17)20-5-3-19-4-6-21-12(18)9-7-14-13(22)15-10(9)16/h7H,1,3-6H2,2H3,(H2,14,15,16,22). The lowest BCUT2D eigenvalue weighted by atomic mass is 10.3. The van der Waals surface area contributed by atoms with Crippen LogP contribution in [0.3, 0.4) is 0 Å². The molecule has 0 aliphatic heterocycles. The molecule has 0 aliphatic carbocycles. The molecule has 0 saturated heterocycles. The molecule has 0 atom stereocenters. The van der Waals surface area contributed by atoms with Crippen LogP contribution in [0, 0.1) is 4.77 Å². The topological polar surface area (TPSA) is 110 Å². The van der Waals surface area contributed by atoms with Gasteiger partial charge in [-0.3, -0.25) is 9.78 Å². The lowest BCUT2D eigenvalue weighted by Gasteiger charge is -2.06. The molecule has 2 N–H and O–H groups in total. The van der Waals surface area contributed by atoms with Gasteiger partial charge in [-0.2, -0.15) is 0 Å². The lowest BCUT2D eigenvalue weighted by molar-refractivity contribution is -0.140. The van der Waals surface area contributed by atoms with Crippen LogP contribution in [-0.4, -0.2) is 48.3 Å². The molecule has 22 heavy (non-hydrogen) atoms. The van der Waals surface area contributed by atoms with E-state index < -0.39 is 17.5 Å². The summed E-state index contributed by atoms with van der Waals surface area (Å²) in [5, 5.41) is 0. The maximum atomic E-state index is 11.6. The zero-order valence-electron chi connectivity index (χ0n) is 12.0. The summed E-state index contributed by atoms with van der Waals surface area (Å²) in [6, 6.07) is 0. The van der Waals surface area contributed by atoms with Gasteiger partial charge in [0.1, 0.15) is 18.8 Å². The van der Waals surface area contributed by atoms with Crippen LogP contribution in [-0.2, 0) is 19.0 Å². The Balaban J connectivity index is 2.21. The third-order valence-electron chi connectivity index (χ3n) is 2.31. The van der Waals surface area contributed by atoms with Gasteiger partial charge in [0.05, 0.1) is 13.2 Å². The van der Waals surface area contributed by atoms with E-state index in [9.17, 15) is 14.4 Å². The summed E-state index contributed by atoms with van der Waals surface area (Å²) in [7, 11) is 0. The van der Waals surface area contributed by atoms with E-state index >= 15 is 0 Å². The highest BCUT2D eigenvalue weighted by molar-refractivity contribution is 7.71. The number of aromatic amines is 2. The molecule has 0 aromatic carbocycles. The zero-order valence-corrected chi connectivity index (χ0v) is 12.8. The number of rotatable bonds is 8. The fraction of sp³-hybridized carbons (Fsp3) is 0.385. The van der Waals surface area contributed by atoms with Crippen molar-refractivity contribution < 1.29 is 23.8 Å². The van der Waals surface area contributed by atoms with Gasteiger partial charge in [-0.1, -0.05) is 6.58 Å². The molecule has 1 heterocycles. The monoisotopic (exact) mass is 328 g/mol. The highest BCUT2D eigenvalue weighted by Crippen LogP contribution is 1.94. The average molecular weight is 328 g/mol. The predicted molar refractivity (Wildman–Crippen MR) is 79.1 cm³/mol. The van der Waals surface area contributed by atoms with Crippen LogP contribution in [0.25, 0.3) is 0 Å². The number of hydrogen-bond acceptors (Lipinski definition) is 7. The molecule has 1 rings (SSSR count). The first kappa shape index (κ1) is 17.8. The Labute approximate surface area is 131 Å². The largest absolute Gasteiger partial charge is 0.460 e. The predicted octanol–water partition coefficient (Wildman–Crippen LogP) is 0.725. The number of ether oxygens (including phenoxy) is 3. The maximum absolute atomic E-state index is 11.6. The molecule has 0 unspecified atom stereocenters. The summed E-state index contributed by atoms with van der Waals surface area (Å²) in [6.45, 7) is 5.29. The van der Waals surface area contributed by atoms with E-state index in [0.717, 1.165) is 0 Å². The molecule has 1 aromatic rings. The Morgan fingerprint density at radius 1 is 1.23 bits per heavy atom. The second-order valence-corrected chi connectivity index (χ2v) is 4.56. The minimum atomic E-state index is -0.787. The van der Waals surface area contributed by atoms with Gasteiger partial charge >= 0.3 is 11.9 Å². The highest BCUT2D eigenvalue weighted by atomic mass is 32.1. The Bertz CT molecular complexity index is 663. The lowest BCUT2D eigenvalue weighted by Crippen LogP contribution is -2.22. The van der Waals surface area contributed by atoms with E-state index in [0.29, 0.717) is 5.57 Å². The SMILES string of the molecule is C=C(C)C(=O)OCCOCCOC(=O)c1c[nH]c(=S)[nH]c1=O. The number of H-pyrrole nitrogens is 2. The second kappa shape index (κ2) is 8.90. The van der Waals surface area contributed by atoms with E-state index in [4.69, 9.17) is 26.4 Å². The quantitative estimate of drug-likeness (QED) is 0.313. The molecule has 0 spiro atoms. The van der Waals surface area contributed by atoms with Crippen LogP contribution in [0.4, 0.5) is 0 Å². The Hall–Kier alpha value is -2.26. The van der Waals surface area contributed by atoms with Gasteiger partial charge in [0.15, 0.2) is 4.77 Å².